The molecule has 2 heterocycles. The van der Waals surface area contributed by atoms with Crippen molar-refractivity contribution in [2.75, 3.05) is 0 Å². The average Bonchev–Trinajstić information content (AvgIpc) is 2.44. The van der Waals surface area contributed by atoms with Gasteiger partial charge in [0.1, 0.15) is 11.4 Å². The predicted molar refractivity (Wildman–Crippen MR) is 54.6 cm³/mol. The van der Waals surface area contributed by atoms with E-state index in [9.17, 15) is 4.79 Å². The minimum Gasteiger partial charge on any atom is -0.307 e. The van der Waals surface area contributed by atoms with Crippen molar-refractivity contribution in [2.45, 2.75) is 13.3 Å². The number of nitrogens with zero attached hydrogens (tertiary/aromatic N) is 2. The van der Waals surface area contributed by atoms with Crippen LogP contribution in [0.1, 0.15) is 12.6 Å². The van der Waals surface area contributed by atoms with E-state index in [0.29, 0.717) is 11.4 Å². The number of ketones is 1. The molecule has 3 nitrogen and oxygen atoms in total. The highest BCUT2D eigenvalue weighted by Crippen LogP contribution is 2.12. The molecule has 0 amide bonds. The van der Waals surface area contributed by atoms with E-state index in [1.54, 1.807) is 19.1 Å². The molecule has 0 N–H and O–H groups in total. The molecule has 0 fully saturated rings. The molecule has 0 atom stereocenters. The van der Waals surface area contributed by atoms with Crippen LogP contribution in [-0.2, 0) is 11.2 Å². The lowest BCUT2D eigenvalue weighted by molar-refractivity contribution is -0.116. The second-order valence-corrected chi connectivity index (χ2v) is 3.66. The summed E-state index contributed by atoms with van der Waals surface area (Å²) < 4.78 is 1.85. The maximum atomic E-state index is 10.9. The van der Waals surface area contributed by atoms with Crippen LogP contribution in [0, 0.1) is 0 Å². The fraction of sp³-hybridized carbons (Fsp3) is 0.200. The molecule has 2 aromatic rings. The summed E-state index contributed by atoms with van der Waals surface area (Å²) in [6.07, 6.45) is 4.04. The first kappa shape index (κ1) is 9.21. The van der Waals surface area contributed by atoms with Gasteiger partial charge in [-0.2, -0.15) is 0 Å². The van der Waals surface area contributed by atoms with Crippen LogP contribution in [0.5, 0.6) is 0 Å². The molecule has 0 aliphatic rings. The van der Waals surface area contributed by atoms with Gasteiger partial charge in [0.05, 0.1) is 5.69 Å². The number of imidazole rings is 1. The van der Waals surface area contributed by atoms with Crippen LogP contribution in [0.3, 0.4) is 0 Å². The molecular formula is C10H9ClN2O. The number of halogens is 1. The Kier molecular flexibility index (Phi) is 2.25. The third kappa shape index (κ3) is 1.77. The molecule has 0 saturated carbocycles. The summed E-state index contributed by atoms with van der Waals surface area (Å²) in [6, 6.07) is 3.55. The van der Waals surface area contributed by atoms with Crippen molar-refractivity contribution >= 4 is 23.0 Å². The topological polar surface area (TPSA) is 34.4 Å². The summed E-state index contributed by atoms with van der Waals surface area (Å²) in [7, 11) is 0. The zero-order chi connectivity index (χ0) is 10.1. The summed E-state index contributed by atoms with van der Waals surface area (Å²) in [5.41, 5.74) is 1.55. The molecule has 0 unspecified atom stereocenters. The standard InChI is InChI=1S/C10H9ClN2O/c1-7(14)4-9-6-13-3-2-8(11)5-10(13)12-9/h2-3,5-6H,4H2,1H3. The molecule has 0 aliphatic carbocycles. The highest BCUT2D eigenvalue weighted by molar-refractivity contribution is 6.30. The summed E-state index contributed by atoms with van der Waals surface area (Å²) in [6.45, 7) is 1.55. The number of carbonyl (C=O) groups is 1. The smallest absolute Gasteiger partial charge is 0.138 e. The van der Waals surface area contributed by atoms with Gasteiger partial charge in [0, 0.05) is 23.8 Å². The third-order valence-corrected chi connectivity index (χ3v) is 2.14. The Morgan fingerprint density at radius 2 is 2.43 bits per heavy atom. The normalized spacial score (nSPS) is 10.7. The fourth-order valence-electron chi connectivity index (χ4n) is 1.35. The minimum atomic E-state index is 0.111. The lowest BCUT2D eigenvalue weighted by Crippen LogP contribution is -1.95. The third-order valence-electron chi connectivity index (χ3n) is 1.90. The van der Waals surface area contributed by atoms with E-state index in [2.05, 4.69) is 4.98 Å². The Bertz CT molecular complexity index is 490. The zero-order valence-electron chi connectivity index (χ0n) is 7.70. The van der Waals surface area contributed by atoms with Crippen LogP contribution >= 0.6 is 11.6 Å². The van der Waals surface area contributed by atoms with Gasteiger partial charge in [-0.1, -0.05) is 11.6 Å². The van der Waals surface area contributed by atoms with Crippen molar-refractivity contribution in [3.8, 4) is 0 Å². The maximum absolute atomic E-state index is 10.9. The van der Waals surface area contributed by atoms with E-state index in [1.807, 2.05) is 16.8 Å². The van der Waals surface area contributed by atoms with Gasteiger partial charge in [-0.05, 0) is 19.1 Å². The monoisotopic (exact) mass is 208 g/mol. The Labute approximate surface area is 86.3 Å². The van der Waals surface area contributed by atoms with Gasteiger partial charge in [0.25, 0.3) is 0 Å². The molecule has 4 heteroatoms. The van der Waals surface area contributed by atoms with E-state index in [0.717, 1.165) is 11.3 Å². The number of fused-ring (bicyclic) bond motifs is 1. The molecule has 2 rings (SSSR count). The first-order chi connectivity index (χ1) is 6.65. The van der Waals surface area contributed by atoms with Gasteiger partial charge < -0.3 is 4.40 Å². The van der Waals surface area contributed by atoms with Crippen molar-refractivity contribution in [1.29, 1.82) is 0 Å². The van der Waals surface area contributed by atoms with Crippen LogP contribution in [0.2, 0.25) is 5.02 Å². The van der Waals surface area contributed by atoms with Crippen molar-refractivity contribution in [3.63, 3.8) is 0 Å². The van der Waals surface area contributed by atoms with Gasteiger partial charge >= 0.3 is 0 Å². The van der Waals surface area contributed by atoms with Gasteiger partial charge in [-0.25, -0.2) is 4.98 Å². The summed E-state index contributed by atoms with van der Waals surface area (Å²) >= 11 is 5.81. The van der Waals surface area contributed by atoms with Crippen LogP contribution in [0.15, 0.2) is 24.5 Å². The Balaban J connectivity index is 2.46. The van der Waals surface area contributed by atoms with E-state index in [1.165, 1.54) is 0 Å². The maximum Gasteiger partial charge on any atom is 0.138 e. The van der Waals surface area contributed by atoms with Crippen molar-refractivity contribution in [1.82, 2.24) is 9.38 Å². The first-order valence-electron chi connectivity index (χ1n) is 4.28. The fourth-order valence-corrected chi connectivity index (χ4v) is 1.50. The average molecular weight is 209 g/mol. The van der Waals surface area contributed by atoms with Crippen LogP contribution in [0.4, 0.5) is 0 Å². The number of rotatable bonds is 2. The van der Waals surface area contributed by atoms with Gasteiger partial charge in [-0.15, -0.1) is 0 Å². The largest absolute Gasteiger partial charge is 0.307 e. The number of pyridine rings is 1. The zero-order valence-corrected chi connectivity index (χ0v) is 8.45. The van der Waals surface area contributed by atoms with Crippen LogP contribution in [-0.4, -0.2) is 15.2 Å². The quantitative estimate of drug-likeness (QED) is 0.758. The van der Waals surface area contributed by atoms with Crippen LogP contribution in [0.25, 0.3) is 5.65 Å². The molecule has 0 aromatic carbocycles. The second-order valence-electron chi connectivity index (χ2n) is 3.22. The summed E-state index contributed by atoms with van der Waals surface area (Å²) in [5, 5.41) is 0.650. The van der Waals surface area contributed by atoms with E-state index in [4.69, 9.17) is 11.6 Å². The molecule has 0 saturated heterocycles. The number of hydrogen-bond acceptors (Lipinski definition) is 2. The van der Waals surface area contributed by atoms with Crippen molar-refractivity contribution < 1.29 is 4.79 Å². The molecule has 0 aliphatic heterocycles. The molecule has 0 spiro atoms. The van der Waals surface area contributed by atoms with Crippen LogP contribution < -0.4 is 0 Å². The predicted octanol–water partition coefficient (Wildman–Crippen LogP) is 2.12. The van der Waals surface area contributed by atoms with E-state index in [-0.39, 0.29) is 5.78 Å². The molecule has 2 aromatic heterocycles. The lowest BCUT2D eigenvalue weighted by Gasteiger charge is -1.90. The first-order valence-corrected chi connectivity index (χ1v) is 4.65. The Morgan fingerprint density at radius 3 is 3.14 bits per heavy atom. The SMILES string of the molecule is CC(=O)Cc1cn2ccc(Cl)cc2n1. The summed E-state index contributed by atoms with van der Waals surface area (Å²) in [5.74, 6) is 0.111. The molecule has 0 radical (unpaired) electrons. The Hall–Kier alpha value is -1.35. The molecule has 72 valence electrons. The highest BCUT2D eigenvalue weighted by atomic mass is 35.5. The Morgan fingerprint density at radius 1 is 1.64 bits per heavy atom. The van der Waals surface area contributed by atoms with Gasteiger partial charge in [-0.3, -0.25) is 4.79 Å². The second kappa shape index (κ2) is 3.42. The van der Waals surface area contributed by atoms with Crippen molar-refractivity contribution in [3.05, 3.63) is 35.2 Å². The van der Waals surface area contributed by atoms with E-state index < -0.39 is 0 Å². The lowest BCUT2D eigenvalue weighted by atomic mass is 10.2. The molecule has 14 heavy (non-hydrogen) atoms. The highest BCUT2D eigenvalue weighted by Gasteiger charge is 2.03. The number of hydrogen-bond donors (Lipinski definition) is 0. The van der Waals surface area contributed by atoms with E-state index >= 15 is 0 Å². The molecule has 0 bridgehead atoms. The molecular weight excluding hydrogens is 200 g/mol. The number of carbonyl (C=O) groups excluding carboxylic acids is 1. The summed E-state index contributed by atoms with van der Waals surface area (Å²) in [4.78, 5) is 15.2. The number of Topliss-reactive ketones (excluding diaryl/α,β-unsaturated/α-hetero) is 1. The minimum absolute atomic E-state index is 0.111. The number of aromatic nitrogens is 2. The van der Waals surface area contributed by atoms with Gasteiger partial charge in [0.15, 0.2) is 0 Å². The van der Waals surface area contributed by atoms with Gasteiger partial charge in [0.2, 0.25) is 0 Å². The van der Waals surface area contributed by atoms with Crippen molar-refractivity contribution in [2.24, 2.45) is 0 Å².